The van der Waals surface area contributed by atoms with Gasteiger partial charge in [0.2, 0.25) is 0 Å². The summed E-state index contributed by atoms with van der Waals surface area (Å²) >= 11 is 2.03. The molecule has 0 N–H and O–H groups in total. The van der Waals surface area contributed by atoms with Gasteiger partial charge in [0.1, 0.15) is 0 Å². The van der Waals surface area contributed by atoms with Crippen LogP contribution in [-0.2, 0) is 0 Å². The second-order valence-electron chi connectivity index (χ2n) is 5.94. The van der Waals surface area contributed by atoms with E-state index in [4.69, 9.17) is 0 Å². The summed E-state index contributed by atoms with van der Waals surface area (Å²) < 4.78 is 0. The average molecular weight is 274 g/mol. The number of rotatable bonds is 4. The molecule has 1 nitrogen and oxygen atoms in total. The topological polar surface area (TPSA) is 17.1 Å². The number of carbonyl (C=O) groups excluding carboxylic acids is 1. The van der Waals surface area contributed by atoms with Crippen molar-refractivity contribution in [2.24, 2.45) is 5.92 Å². The van der Waals surface area contributed by atoms with Crippen LogP contribution in [0.2, 0.25) is 0 Å². The Labute approximate surface area is 120 Å². The van der Waals surface area contributed by atoms with Gasteiger partial charge >= 0.3 is 0 Å². The molecule has 0 bridgehead atoms. The molecule has 19 heavy (non-hydrogen) atoms. The summed E-state index contributed by atoms with van der Waals surface area (Å²) in [5, 5.41) is 0. The molecule has 1 aliphatic carbocycles. The molecule has 0 aromatic heterocycles. The van der Waals surface area contributed by atoms with Crippen molar-refractivity contribution in [3.8, 4) is 0 Å². The Morgan fingerprint density at radius 3 is 2.63 bits per heavy atom. The number of carbonyl (C=O) groups is 1. The molecule has 3 rings (SSSR count). The summed E-state index contributed by atoms with van der Waals surface area (Å²) in [5.41, 5.74) is 2.33. The molecule has 1 saturated heterocycles. The minimum atomic E-state index is 0.359. The zero-order valence-corrected chi connectivity index (χ0v) is 12.3. The van der Waals surface area contributed by atoms with Crippen LogP contribution in [0.4, 0.5) is 0 Å². The van der Waals surface area contributed by atoms with Crippen molar-refractivity contribution < 1.29 is 4.79 Å². The quantitative estimate of drug-likeness (QED) is 0.742. The van der Waals surface area contributed by atoms with E-state index < -0.39 is 0 Å². The molecule has 0 spiro atoms. The maximum atomic E-state index is 12.4. The van der Waals surface area contributed by atoms with Crippen LogP contribution < -0.4 is 0 Å². The first-order valence-corrected chi connectivity index (χ1v) is 8.69. The summed E-state index contributed by atoms with van der Waals surface area (Å²) in [7, 11) is 0. The van der Waals surface area contributed by atoms with Gasteiger partial charge in [0.25, 0.3) is 0 Å². The van der Waals surface area contributed by atoms with Gasteiger partial charge < -0.3 is 0 Å². The predicted octanol–water partition coefficient (Wildman–Crippen LogP) is 4.67. The Morgan fingerprint density at radius 1 is 1.16 bits per heavy atom. The third-order valence-corrected chi connectivity index (χ3v) is 5.65. The number of thioether (sulfide) groups is 1. The fourth-order valence-corrected chi connectivity index (χ4v) is 4.24. The molecule has 0 amide bonds. The van der Waals surface area contributed by atoms with E-state index in [2.05, 4.69) is 18.2 Å². The van der Waals surface area contributed by atoms with Crippen LogP contribution in [0.15, 0.2) is 24.3 Å². The van der Waals surface area contributed by atoms with E-state index in [-0.39, 0.29) is 0 Å². The summed E-state index contributed by atoms with van der Waals surface area (Å²) in [6, 6.07) is 8.42. The number of ketones is 1. The molecule has 0 atom stereocenters. The third-order valence-electron chi connectivity index (χ3n) is 4.60. The molecule has 1 aromatic carbocycles. The highest BCUT2D eigenvalue weighted by Crippen LogP contribution is 2.36. The summed E-state index contributed by atoms with van der Waals surface area (Å²) in [4.78, 5) is 12.4. The predicted molar refractivity (Wildman–Crippen MR) is 82.0 cm³/mol. The zero-order valence-electron chi connectivity index (χ0n) is 11.4. The van der Waals surface area contributed by atoms with Gasteiger partial charge in [-0.25, -0.2) is 0 Å². The Morgan fingerprint density at radius 2 is 1.95 bits per heavy atom. The highest BCUT2D eigenvalue weighted by atomic mass is 32.2. The van der Waals surface area contributed by atoms with Gasteiger partial charge in [-0.15, -0.1) is 0 Å². The molecule has 1 heterocycles. The van der Waals surface area contributed by atoms with Crippen molar-refractivity contribution in [2.45, 2.75) is 44.4 Å². The van der Waals surface area contributed by atoms with Crippen LogP contribution >= 0.6 is 11.8 Å². The minimum Gasteiger partial charge on any atom is -0.294 e. The largest absolute Gasteiger partial charge is 0.294 e. The van der Waals surface area contributed by atoms with Crippen LogP contribution in [0.3, 0.4) is 0 Å². The molecule has 1 aliphatic heterocycles. The molecule has 2 fully saturated rings. The van der Waals surface area contributed by atoms with E-state index in [1.54, 1.807) is 0 Å². The standard InChI is InChI=1S/C17H22OS/c18-17(11-13-7-9-19-10-8-13)16-6-2-5-15(12-16)14-3-1-4-14/h2,5-6,12-14H,1,3-4,7-11H2. The van der Waals surface area contributed by atoms with Gasteiger partial charge in [-0.3, -0.25) is 4.79 Å². The first-order chi connectivity index (χ1) is 9.33. The Balaban J connectivity index is 1.65. The van der Waals surface area contributed by atoms with Crippen LogP contribution in [0, 0.1) is 5.92 Å². The lowest BCUT2D eigenvalue weighted by Crippen LogP contribution is -2.15. The van der Waals surface area contributed by atoms with Gasteiger partial charge in [-0.05, 0) is 60.7 Å². The van der Waals surface area contributed by atoms with Crippen molar-refractivity contribution >= 4 is 17.5 Å². The molecule has 0 radical (unpaired) electrons. The second-order valence-corrected chi connectivity index (χ2v) is 7.16. The first kappa shape index (κ1) is 13.2. The second kappa shape index (κ2) is 6.13. The van der Waals surface area contributed by atoms with Crippen molar-refractivity contribution in [3.05, 3.63) is 35.4 Å². The lowest BCUT2D eigenvalue weighted by molar-refractivity contribution is 0.0958. The molecule has 2 heteroatoms. The first-order valence-electron chi connectivity index (χ1n) is 7.54. The van der Waals surface area contributed by atoms with Crippen molar-refractivity contribution in [3.63, 3.8) is 0 Å². The van der Waals surface area contributed by atoms with Gasteiger partial charge in [0.05, 0.1) is 0 Å². The van der Waals surface area contributed by atoms with E-state index in [1.165, 1.54) is 49.2 Å². The molecule has 102 valence electrons. The summed E-state index contributed by atoms with van der Waals surface area (Å²) in [5.74, 6) is 4.18. The average Bonchev–Trinajstić information content (AvgIpc) is 2.38. The lowest BCUT2D eigenvalue weighted by atomic mass is 9.79. The van der Waals surface area contributed by atoms with E-state index in [9.17, 15) is 4.79 Å². The number of hydrogen-bond donors (Lipinski definition) is 0. The molecule has 1 saturated carbocycles. The highest BCUT2D eigenvalue weighted by Gasteiger charge is 2.22. The van der Waals surface area contributed by atoms with Gasteiger partial charge in [0.15, 0.2) is 5.78 Å². The lowest BCUT2D eigenvalue weighted by Gasteiger charge is -2.26. The van der Waals surface area contributed by atoms with Crippen molar-refractivity contribution in [2.75, 3.05) is 11.5 Å². The van der Waals surface area contributed by atoms with Gasteiger partial charge in [-0.2, -0.15) is 11.8 Å². The van der Waals surface area contributed by atoms with Crippen LogP contribution in [-0.4, -0.2) is 17.3 Å². The van der Waals surface area contributed by atoms with Gasteiger partial charge in [0, 0.05) is 12.0 Å². The molecule has 2 aliphatic rings. The fourth-order valence-electron chi connectivity index (χ4n) is 3.04. The van der Waals surface area contributed by atoms with Crippen molar-refractivity contribution in [1.29, 1.82) is 0 Å². The van der Waals surface area contributed by atoms with Crippen LogP contribution in [0.25, 0.3) is 0 Å². The Hall–Kier alpha value is -0.760. The molecule has 0 unspecified atom stereocenters. The molecular formula is C17H22OS. The molecule has 1 aromatic rings. The maximum absolute atomic E-state index is 12.4. The highest BCUT2D eigenvalue weighted by molar-refractivity contribution is 7.99. The van der Waals surface area contributed by atoms with E-state index in [0.29, 0.717) is 11.7 Å². The number of Topliss-reactive ketones (excluding diaryl/α,β-unsaturated/α-hetero) is 1. The van der Waals surface area contributed by atoms with Gasteiger partial charge in [-0.1, -0.05) is 24.6 Å². The summed E-state index contributed by atoms with van der Waals surface area (Å²) in [6.07, 6.45) is 7.16. The number of hydrogen-bond acceptors (Lipinski definition) is 2. The summed E-state index contributed by atoms with van der Waals surface area (Å²) in [6.45, 7) is 0. The Kier molecular flexibility index (Phi) is 4.27. The number of benzene rings is 1. The normalized spacial score (nSPS) is 21.1. The maximum Gasteiger partial charge on any atom is 0.163 e. The van der Waals surface area contributed by atoms with Crippen LogP contribution in [0.5, 0.6) is 0 Å². The Bertz CT molecular complexity index is 444. The van der Waals surface area contributed by atoms with E-state index >= 15 is 0 Å². The molecular weight excluding hydrogens is 252 g/mol. The smallest absolute Gasteiger partial charge is 0.163 e. The van der Waals surface area contributed by atoms with E-state index in [0.717, 1.165) is 17.9 Å². The SMILES string of the molecule is O=C(CC1CCSCC1)c1cccc(C2CCC2)c1. The zero-order chi connectivity index (χ0) is 13.1. The third kappa shape index (κ3) is 3.22. The van der Waals surface area contributed by atoms with Crippen molar-refractivity contribution in [1.82, 2.24) is 0 Å². The van der Waals surface area contributed by atoms with E-state index in [1.807, 2.05) is 17.8 Å². The van der Waals surface area contributed by atoms with Crippen LogP contribution in [0.1, 0.15) is 60.4 Å². The minimum absolute atomic E-state index is 0.359. The monoisotopic (exact) mass is 274 g/mol. The fraction of sp³-hybridized carbons (Fsp3) is 0.588.